The molecule has 0 aromatic heterocycles. The third-order valence-corrected chi connectivity index (χ3v) is 8.43. The van der Waals surface area contributed by atoms with Gasteiger partial charge in [0.2, 0.25) is 5.91 Å². The van der Waals surface area contributed by atoms with Gasteiger partial charge in [0.1, 0.15) is 11.4 Å². The number of ether oxygens (including phenoxy) is 1. The number of amides is 2. The number of hydrogen-bond acceptors (Lipinski definition) is 9. The number of rotatable bonds is 13. The Bertz CT molecular complexity index is 1760. The zero-order valence-corrected chi connectivity index (χ0v) is 25.1. The minimum absolute atomic E-state index is 0.00375. The van der Waals surface area contributed by atoms with Crippen molar-refractivity contribution in [2.45, 2.75) is 9.79 Å². The smallest absolute Gasteiger partial charge is 0.293 e. The summed E-state index contributed by atoms with van der Waals surface area (Å²) >= 11 is 1.57. The van der Waals surface area contributed by atoms with Gasteiger partial charge in [-0.15, -0.1) is 11.8 Å². The molecule has 0 fully saturated rings. The maximum Gasteiger partial charge on any atom is 0.293 e. The number of benzene rings is 4. The third kappa shape index (κ3) is 8.93. The van der Waals surface area contributed by atoms with Crippen LogP contribution in [0.4, 0.5) is 17.1 Å². The van der Waals surface area contributed by atoms with Crippen molar-refractivity contribution in [3.05, 3.63) is 124 Å². The van der Waals surface area contributed by atoms with Crippen molar-refractivity contribution in [2.24, 2.45) is 0 Å². The molecule has 0 bridgehead atoms. The number of nitrogens with one attached hydrogen (secondary N) is 3. The zero-order chi connectivity index (χ0) is 31.5. The number of anilines is 2. The molecule has 0 atom stereocenters. The summed E-state index contributed by atoms with van der Waals surface area (Å²) < 4.78 is 32.8. The molecule has 13 heteroatoms. The summed E-state index contributed by atoms with van der Waals surface area (Å²) in [7, 11) is -2.87. The monoisotopic (exact) mass is 632 g/mol. The van der Waals surface area contributed by atoms with E-state index >= 15 is 0 Å². The average molecular weight is 633 g/mol. The molecular formula is C31H28N4O7S2. The van der Waals surface area contributed by atoms with E-state index in [2.05, 4.69) is 10.6 Å². The number of methoxy groups -OCH3 is 1. The lowest BCUT2D eigenvalue weighted by atomic mass is 10.2. The van der Waals surface area contributed by atoms with Crippen molar-refractivity contribution >= 4 is 56.7 Å². The van der Waals surface area contributed by atoms with Crippen LogP contribution in [0, 0.1) is 10.1 Å². The van der Waals surface area contributed by atoms with Gasteiger partial charge in [0.15, 0.2) is 0 Å². The van der Waals surface area contributed by atoms with Crippen LogP contribution in [-0.2, 0) is 14.8 Å². The van der Waals surface area contributed by atoms with Crippen molar-refractivity contribution in [1.29, 1.82) is 0 Å². The molecule has 4 rings (SSSR count). The standard InChI is InChI=1S/C31H28N4O7S2/c1-42-25-14-7-22(8-15-25)9-18-30(36)33-24-12-10-23(11-13-24)31(37)34-44(40,41)27-16-17-28(29(21-27)35(38)39)32-19-20-43-26-5-3-2-4-6-26/h2-18,21,32H,19-20H2,1H3,(H,33,36)(H,34,37). The van der Waals surface area contributed by atoms with Gasteiger partial charge in [0.05, 0.1) is 16.9 Å². The molecule has 0 saturated carbocycles. The molecule has 11 nitrogen and oxygen atoms in total. The second-order valence-electron chi connectivity index (χ2n) is 9.13. The van der Waals surface area contributed by atoms with Crippen molar-refractivity contribution in [1.82, 2.24) is 4.72 Å². The summed E-state index contributed by atoms with van der Waals surface area (Å²) in [6, 6.07) is 25.7. The first-order chi connectivity index (χ1) is 21.1. The predicted octanol–water partition coefficient (Wildman–Crippen LogP) is 5.58. The Morgan fingerprint density at radius 2 is 1.66 bits per heavy atom. The first-order valence-electron chi connectivity index (χ1n) is 13.1. The Morgan fingerprint density at radius 3 is 2.32 bits per heavy atom. The van der Waals surface area contributed by atoms with Gasteiger partial charge in [-0.3, -0.25) is 19.7 Å². The Labute approximate surface area is 258 Å². The van der Waals surface area contributed by atoms with Gasteiger partial charge in [0.25, 0.3) is 21.6 Å². The van der Waals surface area contributed by atoms with Crippen LogP contribution in [0.1, 0.15) is 15.9 Å². The maximum absolute atomic E-state index is 12.9. The Morgan fingerprint density at radius 1 is 0.955 bits per heavy atom. The zero-order valence-electron chi connectivity index (χ0n) is 23.4. The van der Waals surface area contributed by atoms with E-state index in [9.17, 15) is 28.1 Å². The Kier molecular flexibility index (Phi) is 10.7. The first kappa shape index (κ1) is 31.8. The number of sulfonamides is 1. The number of thioether (sulfide) groups is 1. The lowest BCUT2D eigenvalue weighted by molar-refractivity contribution is -0.384. The summed E-state index contributed by atoms with van der Waals surface area (Å²) in [5.41, 5.74) is 0.902. The number of nitrogens with zero attached hydrogens (tertiary/aromatic N) is 1. The van der Waals surface area contributed by atoms with Crippen molar-refractivity contribution in [3.8, 4) is 5.75 Å². The van der Waals surface area contributed by atoms with Crippen LogP contribution in [0.5, 0.6) is 5.75 Å². The second kappa shape index (κ2) is 14.8. The molecule has 226 valence electrons. The number of nitro groups is 1. The van der Waals surface area contributed by atoms with Crippen LogP contribution in [0.15, 0.2) is 113 Å². The number of nitro benzene ring substituents is 1. The first-order valence-corrected chi connectivity index (χ1v) is 15.6. The fourth-order valence-electron chi connectivity index (χ4n) is 3.87. The highest BCUT2D eigenvalue weighted by Gasteiger charge is 2.24. The Hall–Kier alpha value is -5.14. The van der Waals surface area contributed by atoms with Crippen LogP contribution in [0.2, 0.25) is 0 Å². The maximum atomic E-state index is 12.9. The predicted molar refractivity (Wildman–Crippen MR) is 171 cm³/mol. The molecule has 0 radical (unpaired) electrons. The molecule has 44 heavy (non-hydrogen) atoms. The summed E-state index contributed by atoms with van der Waals surface area (Å²) in [5, 5.41) is 17.3. The molecular weight excluding hydrogens is 604 g/mol. The molecule has 0 unspecified atom stereocenters. The number of carbonyl (C=O) groups excluding carboxylic acids is 2. The van der Waals surface area contributed by atoms with Gasteiger partial charge in [0, 0.05) is 40.6 Å². The van der Waals surface area contributed by atoms with E-state index in [4.69, 9.17) is 4.74 Å². The lowest BCUT2D eigenvalue weighted by Gasteiger charge is -2.11. The van der Waals surface area contributed by atoms with E-state index in [1.807, 2.05) is 35.1 Å². The fourth-order valence-corrected chi connectivity index (χ4v) is 5.65. The molecule has 0 aliphatic rings. The van der Waals surface area contributed by atoms with Crippen LogP contribution in [0.25, 0.3) is 6.08 Å². The quantitative estimate of drug-likeness (QED) is 0.0563. The van der Waals surface area contributed by atoms with E-state index in [1.165, 1.54) is 42.5 Å². The Balaban J connectivity index is 1.34. The fraction of sp³-hybridized carbons (Fsp3) is 0.0968. The highest BCUT2D eigenvalue weighted by atomic mass is 32.2. The van der Waals surface area contributed by atoms with E-state index in [0.717, 1.165) is 16.5 Å². The van der Waals surface area contributed by atoms with Gasteiger partial charge >= 0.3 is 0 Å². The molecule has 4 aromatic carbocycles. The van der Waals surface area contributed by atoms with Gasteiger partial charge in [-0.2, -0.15) is 0 Å². The minimum Gasteiger partial charge on any atom is -0.497 e. The highest BCUT2D eigenvalue weighted by Crippen LogP contribution is 2.28. The van der Waals surface area contributed by atoms with Crippen molar-refractivity contribution in [2.75, 3.05) is 30.0 Å². The van der Waals surface area contributed by atoms with Gasteiger partial charge in [-0.25, -0.2) is 13.1 Å². The topological polar surface area (TPSA) is 157 Å². The molecule has 0 aliphatic heterocycles. The minimum atomic E-state index is -4.43. The second-order valence-corrected chi connectivity index (χ2v) is 12.0. The van der Waals surface area contributed by atoms with Crippen molar-refractivity contribution in [3.63, 3.8) is 0 Å². The van der Waals surface area contributed by atoms with E-state index in [1.54, 1.807) is 49.2 Å². The molecule has 3 N–H and O–H groups in total. The molecule has 2 amide bonds. The van der Waals surface area contributed by atoms with Crippen molar-refractivity contribution < 1.29 is 27.7 Å². The van der Waals surface area contributed by atoms with Gasteiger partial charge in [-0.05, 0) is 72.3 Å². The lowest BCUT2D eigenvalue weighted by Crippen LogP contribution is -2.30. The molecule has 0 heterocycles. The van der Waals surface area contributed by atoms with Gasteiger partial charge < -0.3 is 15.4 Å². The van der Waals surface area contributed by atoms with Gasteiger partial charge in [-0.1, -0.05) is 30.3 Å². The van der Waals surface area contributed by atoms with E-state index in [-0.39, 0.29) is 11.3 Å². The van der Waals surface area contributed by atoms with E-state index < -0.39 is 37.3 Å². The number of hydrogen-bond donors (Lipinski definition) is 3. The summed E-state index contributed by atoms with van der Waals surface area (Å²) in [4.78, 5) is 36.6. The van der Waals surface area contributed by atoms with E-state index in [0.29, 0.717) is 23.7 Å². The summed E-state index contributed by atoms with van der Waals surface area (Å²) in [5.74, 6) is -0.0274. The SMILES string of the molecule is COc1ccc(C=CC(=O)Nc2ccc(C(=O)NS(=O)(=O)c3ccc(NCCSc4ccccc4)c([N+](=O)[O-])c3)cc2)cc1. The van der Waals surface area contributed by atoms with Crippen LogP contribution < -0.4 is 20.1 Å². The number of carbonyl (C=O) groups is 2. The van der Waals surface area contributed by atoms with Crippen LogP contribution >= 0.6 is 11.8 Å². The molecule has 4 aromatic rings. The average Bonchev–Trinajstić information content (AvgIpc) is 3.03. The molecule has 0 saturated heterocycles. The third-order valence-electron chi connectivity index (χ3n) is 6.09. The molecule has 0 spiro atoms. The largest absolute Gasteiger partial charge is 0.497 e. The summed E-state index contributed by atoms with van der Waals surface area (Å²) in [6.07, 6.45) is 2.97. The van der Waals surface area contributed by atoms with Crippen LogP contribution in [-0.4, -0.2) is 44.6 Å². The normalized spacial score (nSPS) is 11.1. The highest BCUT2D eigenvalue weighted by molar-refractivity contribution is 7.99. The summed E-state index contributed by atoms with van der Waals surface area (Å²) in [6.45, 7) is 0.401. The van der Waals surface area contributed by atoms with Crippen LogP contribution in [0.3, 0.4) is 0 Å². The molecule has 0 aliphatic carbocycles.